The summed E-state index contributed by atoms with van der Waals surface area (Å²) in [5.74, 6) is -1.82. The lowest BCUT2D eigenvalue weighted by Crippen LogP contribution is -2.05. The molecular weight excluding hydrogens is 368 g/mol. The standard InChI is InChI=1S/C12H14Br2O4/c1-2-3-4-5-6-7(12(17)18)10(15)9(14)11(16)8(6)13/h15-16H,2-5H2,1H3,(H,17,18). The molecule has 18 heavy (non-hydrogen) atoms. The van der Waals surface area contributed by atoms with Gasteiger partial charge in [-0.1, -0.05) is 19.8 Å². The predicted molar refractivity (Wildman–Crippen MR) is 75.4 cm³/mol. The quantitative estimate of drug-likeness (QED) is 0.672. The number of aromatic carboxylic acids is 1. The van der Waals surface area contributed by atoms with Crippen molar-refractivity contribution in [1.82, 2.24) is 0 Å². The van der Waals surface area contributed by atoms with Crippen molar-refractivity contribution < 1.29 is 20.1 Å². The molecule has 0 saturated carbocycles. The molecule has 0 fully saturated rings. The highest BCUT2D eigenvalue weighted by atomic mass is 79.9. The van der Waals surface area contributed by atoms with Gasteiger partial charge in [0.1, 0.15) is 21.5 Å². The summed E-state index contributed by atoms with van der Waals surface area (Å²) in [4.78, 5) is 11.2. The number of hydrogen-bond donors (Lipinski definition) is 3. The third kappa shape index (κ3) is 2.98. The van der Waals surface area contributed by atoms with Crippen molar-refractivity contribution in [3.63, 3.8) is 0 Å². The Morgan fingerprint density at radius 1 is 1.11 bits per heavy atom. The van der Waals surface area contributed by atoms with Crippen LogP contribution in [0, 0.1) is 0 Å². The summed E-state index contributed by atoms with van der Waals surface area (Å²) in [7, 11) is 0. The second kappa shape index (κ2) is 6.43. The Bertz CT molecular complexity index is 472. The van der Waals surface area contributed by atoms with E-state index < -0.39 is 11.7 Å². The molecule has 1 aromatic rings. The van der Waals surface area contributed by atoms with E-state index in [9.17, 15) is 15.0 Å². The Hall–Kier alpha value is -0.750. The minimum absolute atomic E-state index is 0.00832. The van der Waals surface area contributed by atoms with Crippen LogP contribution in [-0.4, -0.2) is 21.3 Å². The number of carboxylic acids is 1. The van der Waals surface area contributed by atoms with Crippen LogP contribution in [-0.2, 0) is 6.42 Å². The van der Waals surface area contributed by atoms with Crippen molar-refractivity contribution in [2.24, 2.45) is 0 Å². The van der Waals surface area contributed by atoms with Gasteiger partial charge in [-0.2, -0.15) is 0 Å². The molecule has 0 unspecified atom stereocenters. The minimum atomic E-state index is -1.21. The van der Waals surface area contributed by atoms with Gasteiger partial charge in [-0.3, -0.25) is 0 Å². The molecule has 1 rings (SSSR count). The Kier molecular flexibility index (Phi) is 5.47. The van der Waals surface area contributed by atoms with Crippen molar-refractivity contribution in [2.45, 2.75) is 32.6 Å². The molecule has 6 heteroatoms. The van der Waals surface area contributed by atoms with Crippen LogP contribution in [0.3, 0.4) is 0 Å². The number of unbranched alkanes of at least 4 members (excludes halogenated alkanes) is 2. The summed E-state index contributed by atoms with van der Waals surface area (Å²) >= 11 is 6.15. The summed E-state index contributed by atoms with van der Waals surface area (Å²) in [6.45, 7) is 2.05. The lowest BCUT2D eigenvalue weighted by atomic mass is 10.00. The van der Waals surface area contributed by atoms with Gasteiger partial charge in [0, 0.05) is 0 Å². The number of rotatable bonds is 5. The number of carboxylic acid groups (broad SMARTS) is 1. The molecule has 0 aliphatic carbocycles. The molecule has 0 bridgehead atoms. The summed E-state index contributed by atoms with van der Waals surface area (Å²) in [5.41, 5.74) is 0.261. The number of aromatic hydroxyl groups is 2. The summed E-state index contributed by atoms with van der Waals surface area (Å²) in [6, 6.07) is 0. The van der Waals surface area contributed by atoms with Gasteiger partial charge in [0.25, 0.3) is 0 Å². The van der Waals surface area contributed by atoms with E-state index in [-0.39, 0.29) is 15.8 Å². The molecule has 0 aliphatic rings. The molecule has 0 radical (unpaired) electrons. The zero-order valence-corrected chi connectivity index (χ0v) is 13.0. The normalized spacial score (nSPS) is 10.6. The Morgan fingerprint density at radius 3 is 2.22 bits per heavy atom. The summed E-state index contributed by atoms with van der Waals surface area (Å²) in [5, 5.41) is 28.7. The van der Waals surface area contributed by atoms with Gasteiger partial charge < -0.3 is 15.3 Å². The average Bonchev–Trinajstić information content (AvgIpc) is 2.32. The first-order chi connectivity index (χ1) is 8.41. The summed E-state index contributed by atoms with van der Waals surface area (Å²) in [6.07, 6.45) is 3.26. The fourth-order valence-electron chi connectivity index (χ4n) is 1.73. The largest absolute Gasteiger partial charge is 0.506 e. The fourth-order valence-corrected chi connectivity index (χ4v) is 2.99. The number of carbonyl (C=O) groups is 1. The maximum atomic E-state index is 11.2. The lowest BCUT2D eigenvalue weighted by molar-refractivity contribution is 0.0692. The van der Waals surface area contributed by atoms with E-state index in [1.54, 1.807) is 0 Å². The third-order valence-corrected chi connectivity index (χ3v) is 4.28. The smallest absolute Gasteiger partial charge is 0.339 e. The molecule has 0 amide bonds. The highest BCUT2D eigenvalue weighted by Crippen LogP contribution is 2.44. The number of phenolic OH excluding ortho intramolecular Hbond substituents is 1. The molecule has 100 valence electrons. The van der Waals surface area contributed by atoms with Gasteiger partial charge in [-0.05, 0) is 50.3 Å². The van der Waals surface area contributed by atoms with Gasteiger partial charge >= 0.3 is 5.97 Å². The first-order valence-corrected chi connectivity index (χ1v) is 7.15. The molecule has 0 aromatic heterocycles. The maximum absolute atomic E-state index is 11.2. The van der Waals surface area contributed by atoms with Crippen molar-refractivity contribution in [1.29, 1.82) is 0 Å². The number of hydrogen-bond acceptors (Lipinski definition) is 3. The zero-order valence-electron chi connectivity index (χ0n) is 9.83. The fraction of sp³-hybridized carbons (Fsp3) is 0.417. The molecular formula is C12H14Br2O4. The van der Waals surface area contributed by atoms with Gasteiger partial charge in [0.15, 0.2) is 0 Å². The molecule has 4 nitrogen and oxygen atoms in total. The Morgan fingerprint density at radius 2 is 1.72 bits per heavy atom. The van der Waals surface area contributed by atoms with Crippen LogP contribution in [0.1, 0.15) is 42.1 Å². The minimum Gasteiger partial charge on any atom is -0.506 e. The van der Waals surface area contributed by atoms with Crippen LogP contribution >= 0.6 is 31.9 Å². The zero-order chi connectivity index (χ0) is 13.9. The van der Waals surface area contributed by atoms with E-state index in [1.165, 1.54) is 0 Å². The number of phenols is 2. The van der Waals surface area contributed by atoms with Crippen LogP contribution in [0.4, 0.5) is 0 Å². The van der Waals surface area contributed by atoms with Crippen molar-refractivity contribution >= 4 is 37.8 Å². The molecule has 0 saturated heterocycles. The molecule has 0 atom stereocenters. The van der Waals surface area contributed by atoms with Gasteiger partial charge in [0.05, 0.1) is 4.47 Å². The monoisotopic (exact) mass is 380 g/mol. The van der Waals surface area contributed by atoms with Crippen LogP contribution in [0.2, 0.25) is 0 Å². The van der Waals surface area contributed by atoms with E-state index >= 15 is 0 Å². The number of benzene rings is 1. The van der Waals surface area contributed by atoms with Gasteiger partial charge in [-0.25, -0.2) is 4.79 Å². The van der Waals surface area contributed by atoms with E-state index in [0.29, 0.717) is 16.5 Å². The topological polar surface area (TPSA) is 77.8 Å². The number of halogens is 2. The first kappa shape index (κ1) is 15.3. The SMILES string of the molecule is CCCCCc1c(Br)c(O)c(Br)c(O)c1C(=O)O. The second-order valence-corrected chi connectivity index (χ2v) is 5.53. The van der Waals surface area contributed by atoms with Gasteiger partial charge in [0.2, 0.25) is 0 Å². The Labute approximate surface area is 122 Å². The van der Waals surface area contributed by atoms with Gasteiger partial charge in [-0.15, -0.1) is 0 Å². The van der Waals surface area contributed by atoms with Crippen LogP contribution in [0.15, 0.2) is 8.95 Å². The molecule has 0 heterocycles. The highest BCUT2D eigenvalue weighted by molar-refractivity contribution is 9.11. The van der Waals surface area contributed by atoms with E-state index in [4.69, 9.17) is 5.11 Å². The highest BCUT2D eigenvalue weighted by Gasteiger charge is 2.24. The first-order valence-electron chi connectivity index (χ1n) is 5.56. The average molecular weight is 382 g/mol. The molecule has 0 aliphatic heterocycles. The van der Waals surface area contributed by atoms with Crippen LogP contribution in [0.5, 0.6) is 11.5 Å². The second-order valence-electron chi connectivity index (χ2n) is 3.94. The van der Waals surface area contributed by atoms with E-state index in [0.717, 1.165) is 19.3 Å². The molecule has 1 aromatic carbocycles. The van der Waals surface area contributed by atoms with Crippen LogP contribution < -0.4 is 0 Å². The lowest BCUT2D eigenvalue weighted by Gasteiger charge is -2.14. The predicted octanol–water partition coefficient (Wildman–Crippen LogP) is 4.05. The third-order valence-electron chi connectivity index (χ3n) is 2.67. The molecule has 3 N–H and O–H groups in total. The van der Waals surface area contributed by atoms with E-state index in [1.807, 2.05) is 6.92 Å². The maximum Gasteiger partial charge on any atom is 0.339 e. The Balaban J connectivity index is 3.32. The van der Waals surface area contributed by atoms with Crippen LogP contribution in [0.25, 0.3) is 0 Å². The van der Waals surface area contributed by atoms with Crippen molar-refractivity contribution in [3.05, 3.63) is 20.1 Å². The van der Waals surface area contributed by atoms with Crippen molar-refractivity contribution in [2.75, 3.05) is 0 Å². The molecule has 0 spiro atoms. The van der Waals surface area contributed by atoms with E-state index in [2.05, 4.69) is 31.9 Å². The van der Waals surface area contributed by atoms with Crippen molar-refractivity contribution in [3.8, 4) is 11.5 Å². The summed E-state index contributed by atoms with van der Waals surface area (Å²) < 4.78 is 0.312.